The first-order valence-electron chi connectivity index (χ1n) is 5.75. The Kier molecular flexibility index (Phi) is 3.96. The van der Waals surface area contributed by atoms with Crippen molar-refractivity contribution in [2.75, 3.05) is 18.4 Å². The van der Waals surface area contributed by atoms with E-state index in [1.807, 2.05) is 25.1 Å². The molecule has 0 aliphatic rings. The molecular weight excluding hydrogens is 230 g/mol. The maximum absolute atomic E-state index is 11.5. The summed E-state index contributed by atoms with van der Waals surface area (Å²) >= 11 is 0. The van der Waals surface area contributed by atoms with Gasteiger partial charge in [-0.15, -0.1) is 0 Å². The fraction of sp³-hybridized carbons (Fsp3) is 0.231. The third-order valence-corrected chi connectivity index (χ3v) is 2.35. The minimum absolute atomic E-state index is 0.209. The number of aromatic nitrogens is 1. The summed E-state index contributed by atoms with van der Waals surface area (Å²) in [5.74, 6) is 0.921. The molecule has 0 saturated carbocycles. The highest BCUT2D eigenvalue weighted by atomic mass is 16.3. The summed E-state index contributed by atoms with van der Waals surface area (Å²) in [6.07, 6.45) is 1.48. The highest BCUT2D eigenvalue weighted by Gasteiger charge is 2.06. The van der Waals surface area contributed by atoms with Gasteiger partial charge in [0.05, 0.1) is 6.26 Å². The molecule has 1 amide bonds. The molecule has 0 aromatic carbocycles. The second kappa shape index (κ2) is 5.86. The van der Waals surface area contributed by atoms with Gasteiger partial charge >= 0.3 is 0 Å². The highest BCUT2D eigenvalue weighted by Crippen LogP contribution is 2.02. The molecule has 94 valence electrons. The molecule has 0 saturated heterocycles. The number of aryl methyl sites for hydroxylation is 1. The Hall–Kier alpha value is -2.30. The number of pyridine rings is 1. The number of carbonyl (C=O) groups excluding carboxylic acids is 1. The number of amides is 1. The first-order chi connectivity index (χ1) is 8.75. The Balaban J connectivity index is 1.72. The maximum Gasteiger partial charge on any atom is 0.287 e. The lowest BCUT2D eigenvalue weighted by atomic mass is 10.4. The number of rotatable bonds is 5. The molecule has 2 N–H and O–H groups in total. The molecule has 2 aromatic rings. The predicted molar refractivity (Wildman–Crippen MR) is 68.5 cm³/mol. The summed E-state index contributed by atoms with van der Waals surface area (Å²) in [5.41, 5.74) is 0.958. The lowest BCUT2D eigenvalue weighted by Crippen LogP contribution is -2.28. The Morgan fingerprint density at radius 3 is 2.89 bits per heavy atom. The summed E-state index contributed by atoms with van der Waals surface area (Å²) in [7, 11) is 0. The van der Waals surface area contributed by atoms with Crippen LogP contribution in [0.4, 0.5) is 5.82 Å². The Morgan fingerprint density at radius 2 is 2.17 bits per heavy atom. The molecule has 0 spiro atoms. The number of hydrogen-bond acceptors (Lipinski definition) is 4. The predicted octanol–water partition coefficient (Wildman–Crippen LogP) is 1.82. The molecule has 0 aliphatic carbocycles. The molecule has 2 heterocycles. The lowest BCUT2D eigenvalue weighted by Gasteiger charge is -2.06. The van der Waals surface area contributed by atoms with E-state index < -0.39 is 0 Å². The average Bonchev–Trinajstić information content (AvgIpc) is 2.88. The number of nitrogens with one attached hydrogen (secondary N) is 2. The summed E-state index contributed by atoms with van der Waals surface area (Å²) in [4.78, 5) is 15.8. The van der Waals surface area contributed by atoms with E-state index in [-0.39, 0.29) is 5.91 Å². The number of nitrogens with zero attached hydrogens (tertiary/aromatic N) is 1. The zero-order valence-corrected chi connectivity index (χ0v) is 10.1. The third-order valence-electron chi connectivity index (χ3n) is 2.35. The minimum Gasteiger partial charge on any atom is -0.459 e. The van der Waals surface area contributed by atoms with Crippen LogP contribution >= 0.6 is 0 Å². The lowest BCUT2D eigenvalue weighted by molar-refractivity contribution is 0.0927. The summed E-state index contributed by atoms with van der Waals surface area (Å²) in [5, 5.41) is 5.88. The molecule has 2 rings (SSSR count). The van der Waals surface area contributed by atoms with Crippen molar-refractivity contribution in [3.8, 4) is 0 Å². The first-order valence-corrected chi connectivity index (χ1v) is 5.75. The fourth-order valence-electron chi connectivity index (χ4n) is 1.50. The van der Waals surface area contributed by atoms with Gasteiger partial charge in [-0.3, -0.25) is 4.79 Å². The van der Waals surface area contributed by atoms with Crippen molar-refractivity contribution < 1.29 is 9.21 Å². The van der Waals surface area contributed by atoms with Gasteiger partial charge in [-0.25, -0.2) is 4.98 Å². The highest BCUT2D eigenvalue weighted by molar-refractivity contribution is 5.91. The minimum atomic E-state index is -0.209. The number of hydrogen-bond donors (Lipinski definition) is 2. The van der Waals surface area contributed by atoms with Crippen molar-refractivity contribution in [1.82, 2.24) is 10.3 Å². The molecule has 5 heteroatoms. The van der Waals surface area contributed by atoms with E-state index in [0.717, 1.165) is 11.5 Å². The van der Waals surface area contributed by atoms with Gasteiger partial charge in [-0.05, 0) is 31.2 Å². The molecule has 0 unspecified atom stereocenters. The normalized spacial score (nSPS) is 10.1. The van der Waals surface area contributed by atoms with Gasteiger partial charge < -0.3 is 15.1 Å². The van der Waals surface area contributed by atoms with Crippen LogP contribution in [0.15, 0.2) is 41.0 Å². The van der Waals surface area contributed by atoms with Crippen molar-refractivity contribution in [3.05, 3.63) is 48.0 Å². The van der Waals surface area contributed by atoms with Crippen LogP contribution in [0.1, 0.15) is 16.2 Å². The molecule has 0 bridgehead atoms. The zero-order chi connectivity index (χ0) is 12.8. The van der Waals surface area contributed by atoms with Gasteiger partial charge in [0.15, 0.2) is 5.76 Å². The van der Waals surface area contributed by atoms with Gasteiger partial charge in [0.25, 0.3) is 5.91 Å². The second-order valence-corrected chi connectivity index (χ2v) is 3.82. The van der Waals surface area contributed by atoms with Gasteiger partial charge in [-0.1, -0.05) is 6.07 Å². The van der Waals surface area contributed by atoms with E-state index in [0.29, 0.717) is 18.8 Å². The van der Waals surface area contributed by atoms with Crippen LogP contribution in [0.2, 0.25) is 0 Å². The van der Waals surface area contributed by atoms with Gasteiger partial charge in [-0.2, -0.15) is 0 Å². The number of anilines is 1. The smallest absolute Gasteiger partial charge is 0.287 e. The van der Waals surface area contributed by atoms with E-state index in [9.17, 15) is 4.79 Å². The molecule has 0 fully saturated rings. The maximum atomic E-state index is 11.5. The molecule has 0 radical (unpaired) electrons. The summed E-state index contributed by atoms with van der Waals surface area (Å²) in [6.45, 7) is 3.06. The Labute approximate surface area is 105 Å². The summed E-state index contributed by atoms with van der Waals surface area (Å²) < 4.78 is 4.98. The largest absolute Gasteiger partial charge is 0.459 e. The van der Waals surface area contributed by atoms with E-state index in [4.69, 9.17) is 4.42 Å². The zero-order valence-electron chi connectivity index (χ0n) is 10.1. The second-order valence-electron chi connectivity index (χ2n) is 3.82. The molecule has 0 atom stereocenters. The van der Waals surface area contributed by atoms with Crippen molar-refractivity contribution >= 4 is 11.7 Å². The van der Waals surface area contributed by atoms with Crippen LogP contribution in [0.3, 0.4) is 0 Å². The average molecular weight is 245 g/mol. The standard InChI is InChI=1S/C13H15N3O2/c1-10-4-2-6-12(16-10)14-7-8-15-13(17)11-5-3-9-18-11/h2-6,9H,7-8H2,1H3,(H,14,16)(H,15,17). The number of furan rings is 1. The topological polar surface area (TPSA) is 67.2 Å². The van der Waals surface area contributed by atoms with Crippen molar-refractivity contribution in [1.29, 1.82) is 0 Å². The third kappa shape index (κ3) is 3.35. The van der Waals surface area contributed by atoms with E-state index in [1.165, 1.54) is 6.26 Å². The molecule has 18 heavy (non-hydrogen) atoms. The van der Waals surface area contributed by atoms with Crippen LogP contribution in [0.25, 0.3) is 0 Å². The van der Waals surface area contributed by atoms with Crippen LogP contribution in [-0.4, -0.2) is 24.0 Å². The van der Waals surface area contributed by atoms with Crippen molar-refractivity contribution in [2.45, 2.75) is 6.92 Å². The Bertz CT molecular complexity index is 509. The Morgan fingerprint density at radius 1 is 1.28 bits per heavy atom. The van der Waals surface area contributed by atoms with Gasteiger partial charge in [0.2, 0.25) is 0 Å². The van der Waals surface area contributed by atoms with Crippen LogP contribution in [0.5, 0.6) is 0 Å². The summed E-state index contributed by atoms with van der Waals surface area (Å²) in [6, 6.07) is 9.08. The monoisotopic (exact) mass is 245 g/mol. The van der Waals surface area contributed by atoms with E-state index in [2.05, 4.69) is 15.6 Å². The van der Waals surface area contributed by atoms with Crippen molar-refractivity contribution in [3.63, 3.8) is 0 Å². The van der Waals surface area contributed by atoms with Crippen LogP contribution < -0.4 is 10.6 Å². The first kappa shape index (κ1) is 12.2. The van der Waals surface area contributed by atoms with E-state index >= 15 is 0 Å². The molecule has 2 aromatic heterocycles. The van der Waals surface area contributed by atoms with Crippen LogP contribution in [-0.2, 0) is 0 Å². The van der Waals surface area contributed by atoms with Gasteiger partial charge in [0.1, 0.15) is 5.82 Å². The van der Waals surface area contributed by atoms with E-state index in [1.54, 1.807) is 12.1 Å². The molecular formula is C13H15N3O2. The SMILES string of the molecule is Cc1cccc(NCCNC(=O)c2ccco2)n1. The van der Waals surface area contributed by atoms with Gasteiger partial charge in [0, 0.05) is 18.8 Å². The molecule has 5 nitrogen and oxygen atoms in total. The quantitative estimate of drug-likeness (QED) is 0.788. The molecule has 0 aliphatic heterocycles. The van der Waals surface area contributed by atoms with Crippen molar-refractivity contribution in [2.24, 2.45) is 0 Å². The fourth-order valence-corrected chi connectivity index (χ4v) is 1.50. The van der Waals surface area contributed by atoms with Crippen LogP contribution in [0, 0.1) is 6.92 Å². The number of carbonyl (C=O) groups is 1.